The van der Waals surface area contributed by atoms with E-state index in [0.717, 1.165) is 44.9 Å². The van der Waals surface area contributed by atoms with Gasteiger partial charge in [0.2, 0.25) is 0 Å². The summed E-state index contributed by atoms with van der Waals surface area (Å²) < 4.78 is 0. The average molecular weight is 464 g/mol. The number of carbonyl (C=O) groups is 2. The summed E-state index contributed by atoms with van der Waals surface area (Å²) in [6, 6.07) is 0. The number of nitrogens with two attached hydrogens (primary N) is 1. The molecule has 0 radical (unpaired) electrons. The van der Waals surface area contributed by atoms with E-state index < -0.39 is 5.97 Å². The molecule has 0 unspecified atom stereocenters. The number of carboxylic acids is 1. The lowest BCUT2D eigenvalue weighted by Crippen LogP contribution is -1.96. The minimum absolute atomic E-state index is 0.326. The molecule has 0 saturated carbocycles. The Kier molecular flexibility index (Phi) is 37.4. The zero-order chi connectivity index (χ0) is 25.4. The van der Waals surface area contributed by atoms with Crippen molar-refractivity contribution in [3.8, 4) is 0 Å². The molecule has 0 aromatic carbocycles. The van der Waals surface area contributed by atoms with Crippen molar-refractivity contribution >= 4 is 11.8 Å². The highest BCUT2D eigenvalue weighted by Crippen LogP contribution is 2.10. The second-order valence-corrected chi connectivity index (χ2v) is 8.18. The van der Waals surface area contributed by atoms with Gasteiger partial charge in [0.1, 0.15) is 5.78 Å². The molecule has 0 fully saturated rings. The lowest BCUT2D eigenvalue weighted by atomic mass is 10.0. The summed E-state index contributed by atoms with van der Waals surface area (Å²) in [5, 5.41) is 8.38. The minimum atomic E-state index is -0.674. The molecule has 0 saturated heterocycles. The van der Waals surface area contributed by atoms with Gasteiger partial charge in [-0.25, -0.2) is 0 Å². The van der Waals surface area contributed by atoms with Crippen LogP contribution in [0.2, 0.25) is 0 Å². The largest absolute Gasteiger partial charge is 0.481 e. The van der Waals surface area contributed by atoms with E-state index in [1.807, 2.05) is 18.2 Å². The third-order valence-corrected chi connectivity index (χ3v) is 4.96. The van der Waals surface area contributed by atoms with Gasteiger partial charge in [0.25, 0.3) is 0 Å². The molecular formula is C29H53NO3. The highest BCUT2D eigenvalue weighted by molar-refractivity contribution is 5.78. The maximum absolute atomic E-state index is 11.3. The Balaban J connectivity index is -0.000000476. The number of carboxylic acid groups (broad SMARTS) is 1. The number of hydrogen-bond donors (Lipinski definition) is 2. The molecule has 0 atom stereocenters. The summed E-state index contributed by atoms with van der Waals surface area (Å²) in [6.45, 7) is 14.9. The fraction of sp³-hybridized carbons (Fsp3) is 0.655. The standard InChI is InChI=1S/C15H26O.C11H20O2.C3H7N/c1-3-5-7-8-9-10-11-12-14-15(16)13-6-4-2;1-2-3-4-5-6-7-8-9-10-11(12)13;1-2-3-4/h3-4H,1-2,5-14H2;2H,1,3-10H2,(H,12,13);2H,1,3-4H2. The van der Waals surface area contributed by atoms with Crippen molar-refractivity contribution in [2.24, 2.45) is 5.73 Å². The Hall–Kier alpha value is -1.94. The van der Waals surface area contributed by atoms with Crippen molar-refractivity contribution in [3.05, 3.63) is 50.6 Å². The van der Waals surface area contributed by atoms with Crippen LogP contribution >= 0.6 is 0 Å². The molecule has 192 valence electrons. The van der Waals surface area contributed by atoms with Crippen LogP contribution in [0.4, 0.5) is 0 Å². The molecule has 0 spiro atoms. The van der Waals surface area contributed by atoms with E-state index in [2.05, 4.69) is 26.3 Å². The first kappa shape index (κ1) is 35.6. The minimum Gasteiger partial charge on any atom is -0.481 e. The third-order valence-electron chi connectivity index (χ3n) is 4.96. The van der Waals surface area contributed by atoms with E-state index in [4.69, 9.17) is 10.8 Å². The van der Waals surface area contributed by atoms with E-state index in [1.165, 1.54) is 57.8 Å². The smallest absolute Gasteiger partial charge is 0.303 e. The maximum atomic E-state index is 11.3. The van der Waals surface area contributed by atoms with Gasteiger partial charge in [0, 0.05) is 25.8 Å². The molecule has 0 amide bonds. The predicted molar refractivity (Wildman–Crippen MR) is 146 cm³/mol. The van der Waals surface area contributed by atoms with Crippen LogP contribution in [-0.4, -0.2) is 23.4 Å². The summed E-state index contributed by atoms with van der Waals surface area (Å²) >= 11 is 0. The van der Waals surface area contributed by atoms with Gasteiger partial charge in [0.15, 0.2) is 0 Å². The lowest BCUT2D eigenvalue weighted by Gasteiger charge is -2.00. The molecule has 33 heavy (non-hydrogen) atoms. The molecule has 0 aliphatic rings. The van der Waals surface area contributed by atoms with Gasteiger partial charge in [-0.1, -0.05) is 75.7 Å². The van der Waals surface area contributed by atoms with Crippen LogP contribution in [0.15, 0.2) is 50.6 Å². The topological polar surface area (TPSA) is 80.4 Å². The van der Waals surface area contributed by atoms with Crippen molar-refractivity contribution in [2.45, 2.75) is 116 Å². The molecule has 0 heterocycles. The number of aliphatic carboxylic acids is 1. The van der Waals surface area contributed by atoms with Crippen molar-refractivity contribution < 1.29 is 14.7 Å². The Bertz CT molecular complexity index is 471. The number of hydrogen-bond acceptors (Lipinski definition) is 3. The van der Waals surface area contributed by atoms with Gasteiger partial charge in [-0.3, -0.25) is 9.59 Å². The maximum Gasteiger partial charge on any atom is 0.303 e. The molecule has 4 heteroatoms. The van der Waals surface area contributed by atoms with Gasteiger partial charge < -0.3 is 10.8 Å². The monoisotopic (exact) mass is 463 g/mol. The zero-order valence-electron chi connectivity index (χ0n) is 21.4. The molecule has 0 aliphatic heterocycles. The summed E-state index contributed by atoms with van der Waals surface area (Å²) in [5.74, 6) is -0.279. The quantitative estimate of drug-likeness (QED) is 0.125. The first-order valence-electron chi connectivity index (χ1n) is 12.9. The molecule has 0 bridgehead atoms. The average Bonchev–Trinajstić information content (AvgIpc) is 2.81. The molecule has 0 rings (SSSR count). The van der Waals surface area contributed by atoms with Crippen LogP contribution in [0.3, 0.4) is 0 Å². The fourth-order valence-electron chi connectivity index (χ4n) is 2.98. The van der Waals surface area contributed by atoms with Gasteiger partial charge in [0.05, 0.1) is 0 Å². The van der Waals surface area contributed by atoms with Crippen molar-refractivity contribution in [3.63, 3.8) is 0 Å². The van der Waals surface area contributed by atoms with Crippen molar-refractivity contribution in [1.29, 1.82) is 0 Å². The number of rotatable bonds is 22. The van der Waals surface area contributed by atoms with Crippen LogP contribution in [0, 0.1) is 0 Å². The SMILES string of the molecule is C=CCCCCCCCCC(=O)CCC=C.C=CCCCCCCCCC(=O)O.C=CCN. The Morgan fingerprint density at radius 3 is 1.27 bits per heavy atom. The molecule has 3 N–H and O–H groups in total. The number of unbranched alkanes of at least 4 members (excludes halogenated alkanes) is 12. The number of carbonyl (C=O) groups excluding carboxylic acids is 1. The Morgan fingerprint density at radius 2 is 0.909 bits per heavy atom. The van der Waals surface area contributed by atoms with Crippen LogP contribution in [-0.2, 0) is 9.59 Å². The molecule has 4 nitrogen and oxygen atoms in total. The van der Waals surface area contributed by atoms with E-state index in [0.29, 0.717) is 25.2 Å². The van der Waals surface area contributed by atoms with Crippen LogP contribution in [0.5, 0.6) is 0 Å². The summed E-state index contributed by atoms with van der Waals surface area (Å²) in [5.41, 5.74) is 4.91. The first-order chi connectivity index (χ1) is 16.0. The van der Waals surface area contributed by atoms with E-state index in [1.54, 1.807) is 6.08 Å². The van der Waals surface area contributed by atoms with E-state index in [-0.39, 0.29) is 0 Å². The second-order valence-electron chi connectivity index (χ2n) is 8.18. The molecule has 0 aliphatic carbocycles. The van der Waals surface area contributed by atoms with E-state index in [9.17, 15) is 9.59 Å². The molecule has 0 aromatic heterocycles. The predicted octanol–water partition coefficient (Wildman–Crippen LogP) is 8.34. The number of allylic oxidation sites excluding steroid dienone is 3. The molecule has 0 aromatic rings. The first-order valence-corrected chi connectivity index (χ1v) is 12.9. The van der Waals surface area contributed by atoms with E-state index >= 15 is 0 Å². The Morgan fingerprint density at radius 1 is 0.545 bits per heavy atom. The highest BCUT2D eigenvalue weighted by Gasteiger charge is 2.00. The lowest BCUT2D eigenvalue weighted by molar-refractivity contribution is -0.137. The normalized spacial score (nSPS) is 9.48. The highest BCUT2D eigenvalue weighted by atomic mass is 16.4. The summed E-state index contributed by atoms with van der Waals surface area (Å²) in [6.07, 6.45) is 26.4. The van der Waals surface area contributed by atoms with Crippen LogP contribution in [0.1, 0.15) is 116 Å². The fourth-order valence-corrected chi connectivity index (χ4v) is 2.98. The number of Topliss-reactive ketones (excluding diaryl/α,β-unsaturated/α-hetero) is 1. The van der Waals surface area contributed by atoms with Crippen molar-refractivity contribution in [2.75, 3.05) is 6.54 Å². The number of ketones is 1. The van der Waals surface area contributed by atoms with Crippen molar-refractivity contribution in [1.82, 2.24) is 0 Å². The Labute approximate surface area is 205 Å². The summed E-state index contributed by atoms with van der Waals surface area (Å²) in [4.78, 5) is 21.5. The van der Waals surface area contributed by atoms with Gasteiger partial charge in [-0.2, -0.15) is 0 Å². The van der Waals surface area contributed by atoms with Crippen LogP contribution in [0.25, 0.3) is 0 Å². The molecular weight excluding hydrogens is 410 g/mol. The zero-order valence-corrected chi connectivity index (χ0v) is 21.4. The summed E-state index contributed by atoms with van der Waals surface area (Å²) in [7, 11) is 0. The van der Waals surface area contributed by atoms with Gasteiger partial charge in [-0.15, -0.1) is 26.3 Å². The third kappa shape index (κ3) is 44.5. The van der Waals surface area contributed by atoms with Gasteiger partial charge >= 0.3 is 5.97 Å². The van der Waals surface area contributed by atoms with Crippen LogP contribution < -0.4 is 5.73 Å². The second kappa shape index (κ2) is 34.7. The van der Waals surface area contributed by atoms with Gasteiger partial charge in [-0.05, 0) is 44.9 Å².